The molecule has 0 spiro atoms. The van der Waals surface area contributed by atoms with Gasteiger partial charge < -0.3 is 15.1 Å². The van der Waals surface area contributed by atoms with Crippen molar-refractivity contribution < 1.29 is 8.42 Å². The van der Waals surface area contributed by atoms with E-state index in [1.165, 1.54) is 5.69 Å². The lowest BCUT2D eigenvalue weighted by atomic mass is 10.2. The maximum Gasteiger partial charge on any atom is 0.211 e. The number of nitrogens with zero attached hydrogens (tertiary/aromatic N) is 3. The first-order valence-electron chi connectivity index (χ1n) is 8.28. The van der Waals surface area contributed by atoms with Gasteiger partial charge in [0.1, 0.15) is 0 Å². The topological polar surface area (TPSA) is 77.0 Å². The van der Waals surface area contributed by atoms with Crippen molar-refractivity contribution in [1.29, 1.82) is 0 Å². The third-order valence-corrected chi connectivity index (χ3v) is 5.43. The van der Waals surface area contributed by atoms with Crippen LogP contribution in [0.4, 0.5) is 5.69 Å². The van der Waals surface area contributed by atoms with Crippen LogP contribution in [0.5, 0.6) is 0 Å². The summed E-state index contributed by atoms with van der Waals surface area (Å²) in [7, 11) is -1.38. The fraction of sp³-hybridized carbons (Fsp3) is 0.562. The van der Waals surface area contributed by atoms with Crippen LogP contribution in [0.2, 0.25) is 0 Å². The summed E-state index contributed by atoms with van der Waals surface area (Å²) in [5, 5.41) is 3.22. The van der Waals surface area contributed by atoms with Gasteiger partial charge in [-0.25, -0.2) is 13.1 Å². The van der Waals surface area contributed by atoms with Gasteiger partial charge in [0.15, 0.2) is 5.96 Å². The second kappa shape index (κ2) is 10.8. The summed E-state index contributed by atoms with van der Waals surface area (Å²) in [6, 6.07) is 10.4. The number of benzene rings is 1. The summed E-state index contributed by atoms with van der Waals surface area (Å²) in [6.45, 7) is 6.15. The van der Waals surface area contributed by atoms with Crippen LogP contribution in [0, 0.1) is 0 Å². The number of rotatable bonds is 6. The molecule has 0 radical (unpaired) electrons. The highest BCUT2D eigenvalue weighted by Gasteiger charge is 2.19. The monoisotopic (exact) mass is 481 g/mol. The molecule has 1 aromatic rings. The van der Waals surface area contributed by atoms with Crippen molar-refractivity contribution in [2.24, 2.45) is 4.99 Å². The van der Waals surface area contributed by atoms with Crippen molar-refractivity contribution in [3.05, 3.63) is 30.3 Å². The SMILES string of the molecule is CCS(=O)(=O)NCCNC(=NC)N1CCN(c2ccccc2)CC1.I. The van der Waals surface area contributed by atoms with Crippen molar-refractivity contribution in [3.63, 3.8) is 0 Å². The molecule has 1 saturated heterocycles. The summed E-state index contributed by atoms with van der Waals surface area (Å²) in [5.41, 5.74) is 1.24. The van der Waals surface area contributed by atoms with Crippen LogP contribution in [0.1, 0.15) is 6.92 Å². The zero-order valence-corrected chi connectivity index (χ0v) is 18.0. The molecule has 0 aliphatic carbocycles. The number of hydrogen-bond acceptors (Lipinski definition) is 4. The number of guanidine groups is 1. The lowest BCUT2D eigenvalue weighted by Crippen LogP contribution is -2.53. The molecule has 1 aliphatic rings. The highest BCUT2D eigenvalue weighted by molar-refractivity contribution is 14.0. The molecule has 25 heavy (non-hydrogen) atoms. The van der Waals surface area contributed by atoms with E-state index in [4.69, 9.17) is 0 Å². The largest absolute Gasteiger partial charge is 0.368 e. The molecule has 9 heteroatoms. The third-order valence-electron chi connectivity index (χ3n) is 4.02. The first-order chi connectivity index (χ1) is 11.6. The van der Waals surface area contributed by atoms with E-state index in [0.29, 0.717) is 13.1 Å². The standard InChI is InChI=1S/C16H27N5O2S.HI/c1-3-24(22,23)19-10-9-18-16(17-2)21-13-11-20(12-14-21)15-7-5-4-6-8-15;/h4-8,19H,3,9-14H2,1-2H3,(H,17,18);1H. The Morgan fingerprint density at radius 1 is 1.12 bits per heavy atom. The minimum absolute atomic E-state index is 0. The molecule has 7 nitrogen and oxygen atoms in total. The number of halogens is 1. The minimum atomic E-state index is -3.14. The van der Waals surface area contributed by atoms with Crippen molar-refractivity contribution in [2.75, 3.05) is 57.0 Å². The van der Waals surface area contributed by atoms with Crippen molar-refractivity contribution in [3.8, 4) is 0 Å². The van der Waals surface area contributed by atoms with E-state index in [-0.39, 0.29) is 29.7 Å². The van der Waals surface area contributed by atoms with Crippen LogP contribution in [0.3, 0.4) is 0 Å². The van der Waals surface area contributed by atoms with Crippen LogP contribution in [0.15, 0.2) is 35.3 Å². The van der Waals surface area contributed by atoms with Gasteiger partial charge in [-0.2, -0.15) is 0 Å². The molecule has 2 N–H and O–H groups in total. The van der Waals surface area contributed by atoms with Gasteiger partial charge in [-0.1, -0.05) is 18.2 Å². The summed E-state index contributed by atoms with van der Waals surface area (Å²) in [6.07, 6.45) is 0. The molecular weight excluding hydrogens is 453 g/mol. The minimum Gasteiger partial charge on any atom is -0.368 e. The quantitative estimate of drug-likeness (QED) is 0.274. The molecule has 0 aromatic heterocycles. The van der Waals surface area contributed by atoms with E-state index in [1.54, 1.807) is 14.0 Å². The van der Waals surface area contributed by atoms with Gasteiger partial charge >= 0.3 is 0 Å². The predicted octanol–water partition coefficient (Wildman–Crippen LogP) is 0.941. The fourth-order valence-corrected chi connectivity index (χ4v) is 3.25. The normalized spacial score (nSPS) is 15.7. The van der Waals surface area contributed by atoms with E-state index in [2.05, 4.69) is 49.1 Å². The Labute approximate surface area is 167 Å². The maximum absolute atomic E-state index is 11.4. The predicted molar refractivity (Wildman–Crippen MR) is 114 cm³/mol. The molecule has 1 aliphatic heterocycles. The first-order valence-corrected chi connectivity index (χ1v) is 9.94. The molecule has 1 heterocycles. The van der Waals surface area contributed by atoms with Gasteiger partial charge in [0.2, 0.25) is 10.0 Å². The van der Waals surface area contributed by atoms with Gasteiger partial charge in [-0.05, 0) is 19.1 Å². The second-order valence-electron chi connectivity index (χ2n) is 5.58. The smallest absolute Gasteiger partial charge is 0.211 e. The molecule has 0 atom stereocenters. The highest BCUT2D eigenvalue weighted by atomic mass is 127. The molecule has 0 bridgehead atoms. The molecule has 0 saturated carbocycles. The number of piperazine rings is 1. The number of hydrogen-bond donors (Lipinski definition) is 2. The van der Waals surface area contributed by atoms with E-state index in [1.807, 2.05) is 6.07 Å². The van der Waals surface area contributed by atoms with Crippen LogP contribution in [0.25, 0.3) is 0 Å². The summed E-state index contributed by atoms with van der Waals surface area (Å²) < 4.78 is 25.3. The number of nitrogens with one attached hydrogen (secondary N) is 2. The van der Waals surface area contributed by atoms with Gasteiger partial charge in [0.05, 0.1) is 5.75 Å². The summed E-state index contributed by atoms with van der Waals surface area (Å²) in [4.78, 5) is 8.86. The van der Waals surface area contributed by atoms with Crippen LogP contribution >= 0.6 is 24.0 Å². The first kappa shape index (κ1) is 22.0. The van der Waals surface area contributed by atoms with Gasteiger partial charge in [0, 0.05) is 52.0 Å². The Bertz CT molecular complexity index is 631. The van der Waals surface area contributed by atoms with Crippen molar-refractivity contribution in [2.45, 2.75) is 6.92 Å². The Kier molecular flexibility index (Phi) is 9.51. The summed E-state index contributed by atoms with van der Waals surface area (Å²) >= 11 is 0. The summed E-state index contributed by atoms with van der Waals surface area (Å²) in [5.74, 6) is 0.918. The Hall–Kier alpha value is -1.07. The molecule has 2 rings (SSSR count). The van der Waals surface area contributed by atoms with Gasteiger partial charge in [-0.15, -0.1) is 24.0 Å². The lowest BCUT2D eigenvalue weighted by molar-refractivity contribution is 0.373. The highest BCUT2D eigenvalue weighted by Crippen LogP contribution is 2.15. The fourth-order valence-electron chi connectivity index (χ4n) is 2.63. The number of anilines is 1. The van der Waals surface area contributed by atoms with Gasteiger partial charge in [-0.3, -0.25) is 4.99 Å². The zero-order valence-electron chi connectivity index (χ0n) is 14.8. The zero-order chi connectivity index (χ0) is 17.4. The Balaban J connectivity index is 0.00000312. The Morgan fingerprint density at radius 3 is 2.32 bits per heavy atom. The van der Waals surface area contributed by atoms with E-state index < -0.39 is 10.0 Å². The van der Waals surface area contributed by atoms with Crippen molar-refractivity contribution >= 4 is 45.6 Å². The van der Waals surface area contributed by atoms with E-state index >= 15 is 0 Å². The number of para-hydroxylation sites is 1. The van der Waals surface area contributed by atoms with E-state index in [0.717, 1.165) is 32.1 Å². The molecular formula is C16H28IN5O2S. The second-order valence-corrected chi connectivity index (χ2v) is 7.68. The molecule has 0 unspecified atom stereocenters. The van der Waals surface area contributed by atoms with Crippen LogP contribution in [-0.4, -0.2) is 71.3 Å². The molecule has 1 fully saturated rings. The third kappa shape index (κ3) is 6.98. The van der Waals surface area contributed by atoms with Gasteiger partial charge in [0.25, 0.3) is 0 Å². The van der Waals surface area contributed by atoms with Crippen molar-refractivity contribution in [1.82, 2.24) is 14.9 Å². The van der Waals surface area contributed by atoms with E-state index in [9.17, 15) is 8.42 Å². The molecule has 0 amide bonds. The average Bonchev–Trinajstić information content (AvgIpc) is 2.63. The number of sulfonamides is 1. The Morgan fingerprint density at radius 2 is 1.76 bits per heavy atom. The lowest BCUT2D eigenvalue weighted by Gasteiger charge is -2.37. The number of aliphatic imine (C=N–C) groups is 1. The maximum atomic E-state index is 11.4. The average molecular weight is 481 g/mol. The molecule has 142 valence electrons. The molecule has 1 aromatic carbocycles. The van der Waals surface area contributed by atoms with Crippen LogP contribution in [-0.2, 0) is 10.0 Å². The van der Waals surface area contributed by atoms with Crippen LogP contribution < -0.4 is 14.9 Å².